The Hall–Kier alpha value is -2.82. The number of carbonyl (C=O) groups excluding carboxylic acids is 2. The van der Waals surface area contributed by atoms with Crippen molar-refractivity contribution in [2.75, 3.05) is 11.9 Å². The average molecular weight is 380 g/mol. The minimum Gasteiger partial charge on any atom is -0.493 e. The molecule has 5 heteroatoms. The molecule has 0 aliphatic heterocycles. The van der Waals surface area contributed by atoms with Crippen LogP contribution in [-0.4, -0.2) is 24.0 Å². The summed E-state index contributed by atoms with van der Waals surface area (Å²) in [5, 5.41) is 6.05. The summed E-state index contributed by atoms with van der Waals surface area (Å²) in [6.07, 6.45) is 2.73. The summed E-state index contributed by atoms with van der Waals surface area (Å²) in [7, 11) is 0. The van der Waals surface area contributed by atoms with Crippen LogP contribution < -0.4 is 15.4 Å². The molecule has 0 heterocycles. The molecule has 148 valence electrons. The second kappa shape index (κ2) is 8.46. The molecule has 1 fully saturated rings. The maximum Gasteiger partial charge on any atom is 0.255 e. The van der Waals surface area contributed by atoms with Crippen molar-refractivity contribution in [3.63, 3.8) is 0 Å². The van der Waals surface area contributed by atoms with Crippen molar-refractivity contribution < 1.29 is 14.3 Å². The van der Waals surface area contributed by atoms with Crippen LogP contribution in [0.2, 0.25) is 0 Å². The summed E-state index contributed by atoms with van der Waals surface area (Å²) in [5.74, 6) is 0.137. The van der Waals surface area contributed by atoms with E-state index in [1.54, 1.807) is 18.2 Å². The lowest BCUT2D eigenvalue weighted by atomic mass is 10.0. The summed E-state index contributed by atoms with van der Waals surface area (Å²) in [6, 6.07) is 15.4. The smallest absolute Gasteiger partial charge is 0.255 e. The summed E-state index contributed by atoms with van der Waals surface area (Å²) in [5.41, 5.74) is 2.06. The SMILES string of the molecule is CCOc1ccc(NC(=O)C(C)C)cc1C(=O)NC1(Cc2ccccc2)CC1. The van der Waals surface area contributed by atoms with E-state index in [2.05, 4.69) is 22.8 Å². The molecule has 1 aliphatic carbocycles. The Balaban J connectivity index is 1.78. The molecule has 5 nitrogen and oxygen atoms in total. The van der Waals surface area contributed by atoms with E-state index in [0.29, 0.717) is 23.6 Å². The van der Waals surface area contributed by atoms with E-state index in [1.807, 2.05) is 39.0 Å². The molecule has 0 atom stereocenters. The first-order valence-electron chi connectivity index (χ1n) is 9.86. The van der Waals surface area contributed by atoms with Crippen LogP contribution >= 0.6 is 0 Å². The summed E-state index contributed by atoms with van der Waals surface area (Å²) in [6.45, 7) is 6.01. The van der Waals surface area contributed by atoms with Crippen molar-refractivity contribution >= 4 is 17.5 Å². The van der Waals surface area contributed by atoms with E-state index in [1.165, 1.54) is 5.56 Å². The van der Waals surface area contributed by atoms with E-state index >= 15 is 0 Å². The van der Waals surface area contributed by atoms with Crippen molar-refractivity contribution in [1.29, 1.82) is 0 Å². The normalized spacial score (nSPS) is 14.4. The van der Waals surface area contributed by atoms with Crippen LogP contribution in [0.1, 0.15) is 49.5 Å². The first kappa shape index (κ1) is 19.9. The lowest BCUT2D eigenvalue weighted by Gasteiger charge is -2.19. The van der Waals surface area contributed by atoms with Crippen molar-refractivity contribution in [2.24, 2.45) is 5.92 Å². The molecule has 0 saturated heterocycles. The third kappa shape index (κ3) is 4.91. The number of hydrogen-bond acceptors (Lipinski definition) is 3. The maximum atomic E-state index is 13.1. The molecule has 28 heavy (non-hydrogen) atoms. The molecule has 2 N–H and O–H groups in total. The van der Waals surface area contributed by atoms with Crippen LogP contribution in [0.25, 0.3) is 0 Å². The minimum atomic E-state index is -0.195. The van der Waals surface area contributed by atoms with Gasteiger partial charge >= 0.3 is 0 Å². The predicted octanol–water partition coefficient (Wildman–Crippen LogP) is 4.18. The Kier molecular flexibility index (Phi) is 6.02. The van der Waals surface area contributed by atoms with Crippen LogP contribution in [0.5, 0.6) is 5.75 Å². The van der Waals surface area contributed by atoms with Gasteiger partial charge < -0.3 is 15.4 Å². The maximum absolute atomic E-state index is 13.1. The highest BCUT2D eigenvalue weighted by molar-refractivity contribution is 6.00. The van der Waals surface area contributed by atoms with Gasteiger partial charge in [0.2, 0.25) is 5.91 Å². The lowest BCUT2D eigenvalue weighted by molar-refractivity contribution is -0.118. The molecule has 0 radical (unpaired) electrons. The number of ether oxygens (including phenoxy) is 1. The third-order valence-electron chi connectivity index (χ3n) is 4.93. The molecule has 0 bridgehead atoms. The van der Waals surface area contributed by atoms with Gasteiger partial charge in [0.15, 0.2) is 0 Å². The van der Waals surface area contributed by atoms with Crippen LogP contribution in [0.3, 0.4) is 0 Å². The third-order valence-corrected chi connectivity index (χ3v) is 4.93. The quantitative estimate of drug-likeness (QED) is 0.722. The van der Waals surface area contributed by atoms with Gasteiger partial charge in [0.25, 0.3) is 5.91 Å². The minimum absolute atomic E-state index is 0.0849. The van der Waals surface area contributed by atoms with Crippen molar-refractivity contribution in [3.05, 3.63) is 59.7 Å². The van der Waals surface area contributed by atoms with Gasteiger partial charge in [0, 0.05) is 17.1 Å². The summed E-state index contributed by atoms with van der Waals surface area (Å²) >= 11 is 0. The monoisotopic (exact) mass is 380 g/mol. The highest BCUT2D eigenvalue weighted by Crippen LogP contribution is 2.39. The topological polar surface area (TPSA) is 67.4 Å². The highest BCUT2D eigenvalue weighted by atomic mass is 16.5. The molecular formula is C23H28N2O3. The lowest BCUT2D eigenvalue weighted by Crippen LogP contribution is -2.38. The van der Waals surface area contributed by atoms with Crippen LogP contribution in [0, 0.1) is 5.92 Å². The summed E-state index contributed by atoms with van der Waals surface area (Å²) < 4.78 is 5.65. The standard InChI is InChI=1S/C23H28N2O3/c1-4-28-20-11-10-18(24-21(26)16(2)3)14-19(20)22(27)25-23(12-13-23)15-17-8-6-5-7-9-17/h5-11,14,16H,4,12-13,15H2,1-3H3,(H,24,26)(H,25,27). The predicted molar refractivity (Wildman–Crippen MR) is 111 cm³/mol. The Labute approximate surface area is 166 Å². The van der Waals surface area contributed by atoms with Gasteiger partial charge in [0.05, 0.1) is 12.2 Å². The molecule has 2 aromatic carbocycles. The fourth-order valence-electron chi connectivity index (χ4n) is 3.14. The van der Waals surface area contributed by atoms with Gasteiger partial charge in [-0.05, 0) is 49.9 Å². The number of nitrogens with one attached hydrogen (secondary N) is 2. The zero-order valence-electron chi connectivity index (χ0n) is 16.7. The molecule has 1 saturated carbocycles. The van der Waals surface area contributed by atoms with Gasteiger partial charge in [-0.25, -0.2) is 0 Å². The van der Waals surface area contributed by atoms with Gasteiger partial charge in [0.1, 0.15) is 5.75 Å². The average Bonchev–Trinajstić information content (AvgIpc) is 3.42. The Morgan fingerprint density at radius 3 is 2.43 bits per heavy atom. The molecular weight excluding hydrogens is 352 g/mol. The van der Waals surface area contributed by atoms with Crippen LogP contribution in [0.4, 0.5) is 5.69 Å². The van der Waals surface area contributed by atoms with Crippen molar-refractivity contribution in [3.8, 4) is 5.75 Å². The molecule has 1 aliphatic rings. The number of carbonyl (C=O) groups is 2. The summed E-state index contributed by atoms with van der Waals surface area (Å²) in [4.78, 5) is 25.1. The largest absolute Gasteiger partial charge is 0.493 e. The molecule has 0 aromatic heterocycles. The second-order valence-electron chi connectivity index (χ2n) is 7.68. The number of amides is 2. The first-order chi connectivity index (χ1) is 13.4. The van der Waals surface area contributed by atoms with Crippen LogP contribution in [-0.2, 0) is 11.2 Å². The number of hydrogen-bond donors (Lipinski definition) is 2. The zero-order chi connectivity index (χ0) is 20.1. The number of anilines is 1. The van der Waals surface area contributed by atoms with Crippen LogP contribution in [0.15, 0.2) is 48.5 Å². The second-order valence-corrected chi connectivity index (χ2v) is 7.68. The molecule has 2 aromatic rings. The fraction of sp³-hybridized carbons (Fsp3) is 0.391. The van der Waals surface area contributed by atoms with Gasteiger partial charge in [-0.15, -0.1) is 0 Å². The molecule has 2 amide bonds. The Bertz CT molecular complexity index is 842. The van der Waals surface area contributed by atoms with E-state index in [-0.39, 0.29) is 23.3 Å². The van der Waals surface area contributed by atoms with Crippen molar-refractivity contribution in [2.45, 2.75) is 45.6 Å². The number of benzene rings is 2. The first-order valence-corrected chi connectivity index (χ1v) is 9.86. The number of rotatable bonds is 8. The van der Waals surface area contributed by atoms with E-state index in [4.69, 9.17) is 4.74 Å². The molecule has 0 unspecified atom stereocenters. The van der Waals surface area contributed by atoms with E-state index in [9.17, 15) is 9.59 Å². The van der Waals surface area contributed by atoms with Crippen molar-refractivity contribution in [1.82, 2.24) is 5.32 Å². The van der Waals surface area contributed by atoms with Gasteiger partial charge in [-0.1, -0.05) is 44.2 Å². The molecule has 0 spiro atoms. The van der Waals surface area contributed by atoms with E-state index in [0.717, 1.165) is 19.3 Å². The molecule has 3 rings (SSSR count). The van der Waals surface area contributed by atoms with E-state index < -0.39 is 0 Å². The fourth-order valence-corrected chi connectivity index (χ4v) is 3.14. The Morgan fingerprint density at radius 2 is 1.82 bits per heavy atom. The zero-order valence-corrected chi connectivity index (χ0v) is 16.7. The highest BCUT2D eigenvalue weighted by Gasteiger charge is 2.44. The van der Waals surface area contributed by atoms with Gasteiger partial charge in [-0.3, -0.25) is 9.59 Å². The Morgan fingerprint density at radius 1 is 1.11 bits per heavy atom. The van der Waals surface area contributed by atoms with Gasteiger partial charge in [-0.2, -0.15) is 0 Å².